The molecule has 0 amide bonds. The Labute approximate surface area is 99.0 Å². The van der Waals surface area contributed by atoms with Crippen LogP contribution in [0.3, 0.4) is 0 Å². The maximum absolute atomic E-state index is 5.81. The number of benzene rings is 1. The third-order valence-corrected chi connectivity index (χ3v) is 3.91. The van der Waals surface area contributed by atoms with Crippen molar-refractivity contribution in [3.05, 3.63) is 29.3 Å². The highest BCUT2D eigenvalue weighted by atomic mass is 14.5. The van der Waals surface area contributed by atoms with Crippen molar-refractivity contribution in [1.82, 2.24) is 0 Å². The number of hydrogen-bond donors (Lipinski definition) is 1. The highest BCUT2D eigenvalue weighted by Gasteiger charge is 2.16. The van der Waals surface area contributed by atoms with Gasteiger partial charge in [0.2, 0.25) is 0 Å². The SMILES string of the molecule is Cc1ccc(N)cc1CCCCC1CCC1. The Balaban J connectivity index is 1.73. The van der Waals surface area contributed by atoms with Gasteiger partial charge >= 0.3 is 0 Å². The van der Waals surface area contributed by atoms with Crippen LogP contribution in [0.1, 0.15) is 49.7 Å². The van der Waals surface area contributed by atoms with E-state index in [1.165, 1.54) is 56.1 Å². The van der Waals surface area contributed by atoms with E-state index in [0.29, 0.717) is 0 Å². The number of rotatable bonds is 5. The number of anilines is 1. The van der Waals surface area contributed by atoms with Crippen LogP contribution in [0.5, 0.6) is 0 Å². The molecule has 2 N–H and O–H groups in total. The second-order valence-electron chi connectivity index (χ2n) is 5.23. The summed E-state index contributed by atoms with van der Waals surface area (Å²) in [7, 11) is 0. The minimum Gasteiger partial charge on any atom is -0.399 e. The topological polar surface area (TPSA) is 26.0 Å². The van der Waals surface area contributed by atoms with E-state index in [2.05, 4.69) is 19.1 Å². The van der Waals surface area contributed by atoms with Gasteiger partial charge in [-0.05, 0) is 48.9 Å². The van der Waals surface area contributed by atoms with Crippen LogP contribution in [0, 0.1) is 12.8 Å². The van der Waals surface area contributed by atoms with E-state index in [9.17, 15) is 0 Å². The molecule has 0 spiro atoms. The van der Waals surface area contributed by atoms with Crippen molar-refractivity contribution in [2.75, 3.05) is 5.73 Å². The van der Waals surface area contributed by atoms with Gasteiger partial charge in [-0.3, -0.25) is 0 Å². The molecular weight excluding hydrogens is 194 g/mol. The molecule has 1 saturated carbocycles. The second kappa shape index (κ2) is 5.38. The first kappa shape index (κ1) is 11.5. The molecule has 0 unspecified atom stereocenters. The lowest BCUT2D eigenvalue weighted by Gasteiger charge is -2.25. The van der Waals surface area contributed by atoms with E-state index < -0.39 is 0 Å². The zero-order valence-corrected chi connectivity index (χ0v) is 10.3. The standard InChI is InChI=1S/C15H23N/c1-12-9-10-15(16)11-14(12)8-3-2-5-13-6-4-7-13/h9-11,13H,2-8,16H2,1H3. The maximum atomic E-state index is 5.81. The quantitative estimate of drug-likeness (QED) is 0.583. The van der Waals surface area contributed by atoms with Crippen molar-refractivity contribution in [2.24, 2.45) is 5.92 Å². The van der Waals surface area contributed by atoms with Crippen molar-refractivity contribution in [3.63, 3.8) is 0 Å². The van der Waals surface area contributed by atoms with Crippen LogP contribution in [-0.4, -0.2) is 0 Å². The third kappa shape index (κ3) is 3.01. The van der Waals surface area contributed by atoms with Gasteiger partial charge in [-0.2, -0.15) is 0 Å². The summed E-state index contributed by atoms with van der Waals surface area (Å²) in [6, 6.07) is 6.27. The van der Waals surface area contributed by atoms with Crippen LogP contribution in [0.15, 0.2) is 18.2 Å². The lowest BCUT2D eigenvalue weighted by Crippen LogP contribution is -2.10. The van der Waals surface area contributed by atoms with Gasteiger partial charge in [0.1, 0.15) is 0 Å². The first-order valence-corrected chi connectivity index (χ1v) is 6.61. The molecule has 1 aliphatic carbocycles. The smallest absolute Gasteiger partial charge is 0.0316 e. The van der Waals surface area contributed by atoms with Crippen molar-refractivity contribution in [3.8, 4) is 0 Å². The molecule has 1 fully saturated rings. The minimum atomic E-state index is 0.902. The Kier molecular flexibility index (Phi) is 3.87. The Morgan fingerprint density at radius 2 is 2.06 bits per heavy atom. The molecule has 0 aliphatic heterocycles. The molecule has 88 valence electrons. The van der Waals surface area contributed by atoms with Gasteiger partial charge < -0.3 is 5.73 Å². The highest BCUT2D eigenvalue weighted by Crippen LogP contribution is 2.31. The summed E-state index contributed by atoms with van der Waals surface area (Å²) >= 11 is 0. The molecular formula is C15H23N. The van der Waals surface area contributed by atoms with Crippen molar-refractivity contribution >= 4 is 5.69 Å². The average molecular weight is 217 g/mol. The molecule has 0 saturated heterocycles. The summed E-state index contributed by atoms with van der Waals surface area (Å²) in [5.41, 5.74) is 9.54. The minimum absolute atomic E-state index is 0.902. The number of nitrogen functional groups attached to an aromatic ring is 1. The molecule has 1 aromatic rings. The molecule has 1 aromatic carbocycles. The van der Waals surface area contributed by atoms with E-state index in [0.717, 1.165) is 11.6 Å². The predicted molar refractivity (Wildman–Crippen MR) is 70.5 cm³/mol. The zero-order valence-electron chi connectivity index (χ0n) is 10.3. The van der Waals surface area contributed by atoms with Crippen molar-refractivity contribution in [1.29, 1.82) is 0 Å². The van der Waals surface area contributed by atoms with Crippen LogP contribution in [0.25, 0.3) is 0 Å². The molecule has 0 atom stereocenters. The lowest BCUT2D eigenvalue weighted by molar-refractivity contribution is 0.287. The molecule has 1 heteroatoms. The molecule has 1 aliphatic rings. The van der Waals surface area contributed by atoms with Gasteiger partial charge in [-0.15, -0.1) is 0 Å². The van der Waals surface area contributed by atoms with E-state index in [1.54, 1.807) is 0 Å². The van der Waals surface area contributed by atoms with Gasteiger partial charge in [-0.1, -0.05) is 38.2 Å². The fourth-order valence-corrected chi connectivity index (χ4v) is 2.49. The van der Waals surface area contributed by atoms with E-state index in [4.69, 9.17) is 5.73 Å². The Morgan fingerprint density at radius 3 is 2.75 bits per heavy atom. The number of unbranched alkanes of at least 4 members (excludes halogenated alkanes) is 1. The number of nitrogens with two attached hydrogens (primary N) is 1. The molecule has 2 rings (SSSR count). The van der Waals surface area contributed by atoms with E-state index in [-0.39, 0.29) is 0 Å². The van der Waals surface area contributed by atoms with Crippen LogP contribution in [0.4, 0.5) is 5.69 Å². The van der Waals surface area contributed by atoms with E-state index in [1.807, 2.05) is 6.07 Å². The largest absolute Gasteiger partial charge is 0.399 e. The second-order valence-corrected chi connectivity index (χ2v) is 5.23. The van der Waals surface area contributed by atoms with Crippen molar-refractivity contribution in [2.45, 2.75) is 51.9 Å². The predicted octanol–water partition coefficient (Wildman–Crippen LogP) is 4.09. The summed E-state index contributed by atoms with van der Waals surface area (Å²) in [5, 5.41) is 0. The lowest BCUT2D eigenvalue weighted by atomic mass is 9.81. The average Bonchev–Trinajstić information content (AvgIpc) is 2.20. The van der Waals surface area contributed by atoms with E-state index >= 15 is 0 Å². The molecule has 0 radical (unpaired) electrons. The van der Waals surface area contributed by atoms with Crippen molar-refractivity contribution < 1.29 is 0 Å². The highest BCUT2D eigenvalue weighted by molar-refractivity contribution is 5.44. The normalized spacial score (nSPS) is 16.1. The first-order chi connectivity index (χ1) is 7.75. The van der Waals surface area contributed by atoms with Gasteiger partial charge in [0.25, 0.3) is 0 Å². The summed E-state index contributed by atoms with van der Waals surface area (Å²) in [5.74, 6) is 1.06. The Morgan fingerprint density at radius 1 is 1.25 bits per heavy atom. The van der Waals surface area contributed by atoms with Gasteiger partial charge in [0, 0.05) is 5.69 Å². The first-order valence-electron chi connectivity index (χ1n) is 6.61. The van der Waals surface area contributed by atoms with Crippen LogP contribution >= 0.6 is 0 Å². The zero-order chi connectivity index (χ0) is 11.4. The monoisotopic (exact) mass is 217 g/mol. The summed E-state index contributed by atoms with van der Waals surface area (Å²) in [6.07, 6.45) is 9.79. The number of aryl methyl sites for hydroxylation is 2. The molecule has 1 nitrogen and oxygen atoms in total. The fourth-order valence-electron chi connectivity index (χ4n) is 2.49. The summed E-state index contributed by atoms with van der Waals surface area (Å²) < 4.78 is 0. The Hall–Kier alpha value is -0.980. The molecule has 16 heavy (non-hydrogen) atoms. The van der Waals surface area contributed by atoms with Crippen LogP contribution in [-0.2, 0) is 6.42 Å². The van der Waals surface area contributed by atoms with Crippen LogP contribution < -0.4 is 5.73 Å². The molecule has 0 bridgehead atoms. The van der Waals surface area contributed by atoms with Gasteiger partial charge in [-0.25, -0.2) is 0 Å². The molecule has 0 heterocycles. The Bertz CT molecular complexity index is 339. The fraction of sp³-hybridized carbons (Fsp3) is 0.600. The van der Waals surface area contributed by atoms with Gasteiger partial charge in [0.15, 0.2) is 0 Å². The summed E-state index contributed by atoms with van der Waals surface area (Å²) in [6.45, 7) is 2.18. The number of hydrogen-bond acceptors (Lipinski definition) is 1. The van der Waals surface area contributed by atoms with Gasteiger partial charge in [0.05, 0.1) is 0 Å². The molecule has 0 aromatic heterocycles. The van der Waals surface area contributed by atoms with Crippen LogP contribution in [0.2, 0.25) is 0 Å². The third-order valence-electron chi connectivity index (χ3n) is 3.91. The summed E-state index contributed by atoms with van der Waals surface area (Å²) in [4.78, 5) is 0. The maximum Gasteiger partial charge on any atom is 0.0316 e.